The number of carbonyl (C=O) groups is 1. The average molecular weight is 319 g/mol. The van der Waals surface area contributed by atoms with Crippen LogP contribution in [0, 0.1) is 0 Å². The van der Waals surface area contributed by atoms with Crippen molar-refractivity contribution in [1.29, 1.82) is 0 Å². The van der Waals surface area contributed by atoms with Gasteiger partial charge in [-0.15, -0.1) is 0 Å². The summed E-state index contributed by atoms with van der Waals surface area (Å²) in [7, 11) is 0. The molecular weight excluding hydrogens is 294 g/mol. The highest BCUT2D eigenvalue weighted by Crippen LogP contribution is 2.20. The van der Waals surface area contributed by atoms with Crippen molar-refractivity contribution in [2.24, 2.45) is 0 Å². The standard InChI is InChI=1S/C17H25N3OS/c21-17(18-14-15-4-2-1-3-5-15)20-8-6-16(7-9-20)19-10-12-22-13-11-19/h1-5,16H,6-14H2,(H,18,21). The first kappa shape index (κ1) is 15.7. The zero-order valence-corrected chi connectivity index (χ0v) is 13.9. The van der Waals surface area contributed by atoms with Crippen LogP contribution < -0.4 is 5.32 Å². The second-order valence-corrected chi connectivity index (χ2v) is 7.24. The van der Waals surface area contributed by atoms with Gasteiger partial charge in [-0.05, 0) is 18.4 Å². The zero-order chi connectivity index (χ0) is 15.2. The number of likely N-dealkylation sites (tertiary alicyclic amines) is 1. The molecule has 22 heavy (non-hydrogen) atoms. The van der Waals surface area contributed by atoms with Crippen molar-refractivity contribution in [3.63, 3.8) is 0 Å². The number of amides is 2. The normalized spacial score (nSPS) is 20.8. The minimum atomic E-state index is 0.0801. The highest BCUT2D eigenvalue weighted by molar-refractivity contribution is 7.99. The Morgan fingerprint density at radius 2 is 1.77 bits per heavy atom. The van der Waals surface area contributed by atoms with E-state index in [2.05, 4.69) is 22.0 Å². The number of carbonyl (C=O) groups excluding carboxylic acids is 1. The lowest BCUT2D eigenvalue weighted by molar-refractivity contribution is 0.124. The monoisotopic (exact) mass is 319 g/mol. The number of benzene rings is 1. The number of nitrogens with one attached hydrogen (secondary N) is 1. The molecule has 5 heteroatoms. The second-order valence-electron chi connectivity index (χ2n) is 6.01. The summed E-state index contributed by atoms with van der Waals surface area (Å²) in [6, 6.07) is 10.8. The molecule has 2 saturated heterocycles. The van der Waals surface area contributed by atoms with Gasteiger partial charge in [0.15, 0.2) is 0 Å². The van der Waals surface area contributed by atoms with Crippen LogP contribution in [0.1, 0.15) is 18.4 Å². The van der Waals surface area contributed by atoms with Crippen molar-refractivity contribution in [1.82, 2.24) is 15.1 Å². The van der Waals surface area contributed by atoms with Crippen molar-refractivity contribution in [2.75, 3.05) is 37.7 Å². The number of nitrogens with zero attached hydrogens (tertiary/aromatic N) is 2. The molecular formula is C17H25N3OS. The van der Waals surface area contributed by atoms with Crippen LogP contribution in [0.15, 0.2) is 30.3 Å². The summed E-state index contributed by atoms with van der Waals surface area (Å²) in [5, 5.41) is 3.03. The van der Waals surface area contributed by atoms with Gasteiger partial charge >= 0.3 is 6.03 Å². The summed E-state index contributed by atoms with van der Waals surface area (Å²) in [6.45, 7) is 4.82. The van der Waals surface area contributed by atoms with Crippen LogP contribution in [0.5, 0.6) is 0 Å². The van der Waals surface area contributed by atoms with Crippen molar-refractivity contribution in [3.8, 4) is 0 Å². The van der Waals surface area contributed by atoms with Gasteiger partial charge in [0, 0.05) is 50.3 Å². The predicted molar refractivity (Wildman–Crippen MR) is 92.2 cm³/mol. The topological polar surface area (TPSA) is 35.6 Å². The van der Waals surface area contributed by atoms with E-state index in [1.807, 2.05) is 35.2 Å². The number of thioether (sulfide) groups is 1. The Labute approximate surface area is 137 Å². The van der Waals surface area contributed by atoms with Gasteiger partial charge in [-0.1, -0.05) is 30.3 Å². The van der Waals surface area contributed by atoms with Crippen LogP contribution in [-0.4, -0.2) is 59.6 Å². The van der Waals surface area contributed by atoms with Crippen molar-refractivity contribution >= 4 is 17.8 Å². The maximum Gasteiger partial charge on any atom is 0.317 e. The maximum absolute atomic E-state index is 12.3. The summed E-state index contributed by atoms with van der Waals surface area (Å²) < 4.78 is 0. The van der Waals surface area contributed by atoms with Crippen molar-refractivity contribution in [3.05, 3.63) is 35.9 Å². The molecule has 2 heterocycles. The van der Waals surface area contributed by atoms with Crippen molar-refractivity contribution in [2.45, 2.75) is 25.4 Å². The van der Waals surface area contributed by atoms with Gasteiger partial charge in [-0.25, -0.2) is 4.79 Å². The lowest BCUT2D eigenvalue weighted by Crippen LogP contribution is -2.51. The fourth-order valence-electron chi connectivity index (χ4n) is 3.26. The molecule has 1 N–H and O–H groups in total. The number of hydrogen-bond donors (Lipinski definition) is 1. The third-order valence-electron chi connectivity index (χ3n) is 4.60. The van der Waals surface area contributed by atoms with E-state index in [4.69, 9.17) is 0 Å². The SMILES string of the molecule is O=C(NCc1ccccc1)N1CCC(N2CCSCC2)CC1. The summed E-state index contributed by atoms with van der Waals surface area (Å²) in [5.74, 6) is 2.52. The quantitative estimate of drug-likeness (QED) is 0.929. The Hall–Kier alpha value is -1.20. The molecule has 0 bridgehead atoms. The van der Waals surface area contributed by atoms with Crippen molar-refractivity contribution < 1.29 is 4.79 Å². The molecule has 0 aromatic heterocycles. The summed E-state index contributed by atoms with van der Waals surface area (Å²) in [6.07, 6.45) is 2.23. The van der Waals surface area contributed by atoms with E-state index in [0.29, 0.717) is 12.6 Å². The number of piperidine rings is 1. The number of hydrogen-bond acceptors (Lipinski definition) is 3. The van der Waals surface area contributed by atoms with Crippen LogP contribution >= 0.6 is 11.8 Å². The molecule has 2 aliphatic heterocycles. The smallest absolute Gasteiger partial charge is 0.317 e. The van der Waals surface area contributed by atoms with Crippen LogP contribution in [0.25, 0.3) is 0 Å². The van der Waals surface area contributed by atoms with Crippen LogP contribution in [0.3, 0.4) is 0 Å². The molecule has 1 aromatic rings. The third-order valence-corrected chi connectivity index (χ3v) is 5.54. The minimum absolute atomic E-state index is 0.0801. The lowest BCUT2D eigenvalue weighted by Gasteiger charge is -2.40. The number of urea groups is 1. The van der Waals surface area contributed by atoms with Gasteiger partial charge in [-0.3, -0.25) is 4.90 Å². The van der Waals surface area contributed by atoms with E-state index in [1.165, 1.54) is 24.6 Å². The Bertz CT molecular complexity index is 468. The Balaban J connectivity index is 1.41. The summed E-state index contributed by atoms with van der Waals surface area (Å²) >= 11 is 2.06. The van der Waals surface area contributed by atoms with E-state index < -0.39 is 0 Å². The first-order valence-corrected chi connectivity index (χ1v) is 9.37. The molecule has 1 aromatic carbocycles. The van der Waals surface area contributed by atoms with Gasteiger partial charge in [0.1, 0.15) is 0 Å². The van der Waals surface area contributed by atoms with E-state index in [0.717, 1.165) is 31.5 Å². The molecule has 2 fully saturated rings. The molecule has 0 aliphatic carbocycles. The molecule has 2 amide bonds. The first-order valence-electron chi connectivity index (χ1n) is 8.21. The van der Waals surface area contributed by atoms with E-state index in [9.17, 15) is 4.79 Å². The van der Waals surface area contributed by atoms with Gasteiger partial charge in [0.05, 0.1) is 0 Å². The molecule has 0 radical (unpaired) electrons. The maximum atomic E-state index is 12.3. The molecule has 2 aliphatic rings. The van der Waals surface area contributed by atoms with Gasteiger partial charge in [-0.2, -0.15) is 11.8 Å². The second kappa shape index (κ2) is 7.88. The molecule has 120 valence electrons. The third kappa shape index (κ3) is 4.17. The van der Waals surface area contributed by atoms with Gasteiger partial charge < -0.3 is 10.2 Å². The fraction of sp³-hybridized carbons (Fsp3) is 0.588. The predicted octanol–water partition coefficient (Wildman–Crippen LogP) is 2.41. The summed E-state index contributed by atoms with van der Waals surface area (Å²) in [5.41, 5.74) is 1.15. The molecule has 4 nitrogen and oxygen atoms in total. The van der Waals surface area contributed by atoms with E-state index >= 15 is 0 Å². The molecule has 3 rings (SSSR count). The Morgan fingerprint density at radius 3 is 2.45 bits per heavy atom. The molecule has 0 atom stereocenters. The highest BCUT2D eigenvalue weighted by Gasteiger charge is 2.27. The van der Waals surface area contributed by atoms with E-state index in [1.54, 1.807) is 0 Å². The highest BCUT2D eigenvalue weighted by atomic mass is 32.2. The van der Waals surface area contributed by atoms with E-state index in [-0.39, 0.29) is 6.03 Å². The van der Waals surface area contributed by atoms with Crippen LogP contribution in [-0.2, 0) is 6.54 Å². The average Bonchev–Trinajstić information content (AvgIpc) is 2.61. The number of rotatable bonds is 3. The van der Waals surface area contributed by atoms with Gasteiger partial charge in [0.25, 0.3) is 0 Å². The molecule has 0 unspecified atom stereocenters. The molecule has 0 saturated carbocycles. The van der Waals surface area contributed by atoms with Crippen LogP contribution in [0.4, 0.5) is 4.79 Å². The first-order chi connectivity index (χ1) is 10.8. The summed E-state index contributed by atoms with van der Waals surface area (Å²) in [4.78, 5) is 16.8. The van der Waals surface area contributed by atoms with Crippen LogP contribution in [0.2, 0.25) is 0 Å². The lowest BCUT2D eigenvalue weighted by atomic mass is 10.0. The fourth-order valence-corrected chi connectivity index (χ4v) is 4.19. The Kier molecular flexibility index (Phi) is 5.62. The van der Waals surface area contributed by atoms with Gasteiger partial charge in [0.2, 0.25) is 0 Å². The Morgan fingerprint density at radius 1 is 1.09 bits per heavy atom. The molecule has 0 spiro atoms. The zero-order valence-electron chi connectivity index (χ0n) is 13.0. The minimum Gasteiger partial charge on any atom is -0.334 e. The largest absolute Gasteiger partial charge is 0.334 e.